The van der Waals surface area contributed by atoms with E-state index in [0.717, 1.165) is 11.1 Å². The average Bonchev–Trinajstić information content (AvgIpc) is 2.71. The van der Waals surface area contributed by atoms with Gasteiger partial charge in [0.1, 0.15) is 6.54 Å². The van der Waals surface area contributed by atoms with Gasteiger partial charge in [-0.1, -0.05) is 56.3 Å². The summed E-state index contributed by atoms with van der Waals surface area (Å²) < 4.78 is 4.88. The van der Waals surface area contributed by atoms with E-state index in [2.05, 4.69) is 10.6 Å². The summed E-state index contributed by atoms with van der Waals surface area (Å²) in [7, 11) is 0. The number of rotatable bonds is 8. The smallest absolute Gasteiger partial charge is 0.325 e. The van der Waals surface area contributed by atoms with E-state index in [4.69, 9.17) is 4.74 Å². The summed E-state index contributed by atoms with van der Waals surface area (Å²) in [6, 6.07) is 16.9. The third kappa shape index (κ3) is 6.54. The zero-order valence-corrected chi connectivity index (χ0v) is 16.4. The van der Waals surface area contributed by atoms with Crippen molar-refractivity contribution < 1.29 is 19.1 Å². The van der Waals surface area contributed by atoms with Crippen LogP contribution in [0.5, 0.6) is 0 Å². The van der Waals surface area contributed by atoms with Gasteiger partial charge in [-0.2, -0.15) is 0 Å². The molecule has 6 nitrogen and oxygen atoms in total. The average molecular weight is 382 g/mol. The normalized spacial score (nSPS) is 11.6. The van der Waals surface area contributed by atoms with E-state index in [-0.39, 0.29) is 36.9 Å². The van der Waals surface area contributed by atoms with Crippen molar-refractivity contribution in [3.05, 3.63) is 60.2 Å². The van der Waals surface area contributed by atoms with E-state index >= 15 is 0 Å². The molecule has 2 N–H and O–H groups in total. The van der Waals surface area contributed by atoms with Crippen LogP contribution >= 0.6 is 0 Å². The van der Waals surface area contributed by atoms with Gasteiger partial charge in [0.25, 0.3) is 11.8 Å². The van der Waals surface area contributed by atoms with Crippen LogP contribution in [0.25, 0.3) is 11.1 Å². The maximum Gasteiger partial charge on any atom is 0.325 e. The first-order valence-corrected chi connectivity index (χ1v) is 9.25. The lowest BCUT2D eigenvalue weighted by Gasteiger charge is -2.17. The molecule has 0 radical (unpaired) electrons. The molecule has 1 atom stereocenters. The molecular weight excluding hydrogens is 356 g/mol. The van der Waals surface area contributed by atoms with Crippen LogP contribution in [-0.2, 0) is 14.3 Å². The molecule has 0 saturated carbocycles. The van der Waals surface area contributed by atoms with Gasteiger partial charge in [-0.15, -0.1) is 0 Å². The molecule has 0 saturated heterocycles. The molecule has 0 fully saturated rings. The fourth-order valence-corrected chi connectivity index (χ4v) is 2.36. The fourth-order valence-electron chi connectivity index (χ4n) is 2.36. The predicted molar refractivity (Wildman–Crippen MR) is 108 cm³/mol. The van der Waals surface area contributed by atoms with Crippen molar-refractivity contribution in [2.45, 2.75) is 26.8 Å². The number of amides is 2. The van der Waals surface area contributed by atoms with Gasteiger partial charge in [-0.3, -0.25) is 14.4 Å². The molecule has 0 heterocycles. The quantitative estimate of drug-likeness (QED) is 0.688. The Hall–Kier alpha value is -3.15. The summed E-state index contributed by atoms with van der Waals surface area (Å²) >= 11 is 0. The zero-order valence-electron chi connectivity index (χ0n) is 16.4. The largest absolute Gasteiger partial charge is 0.454 e. The highest BCUT2D eigenvalue weighted by molar-refractivity contribution is 5.96. The van der Waals surface area contributed by atoms with Gasteiger partial charge >= 0.3 is 5.97 Å². The third-order valence-electron chi connectivity index (χ3n) is 4.40. The van der Waals surface area contributed by atoms with Crippen LogP contribution in [0.4, 0.5) is 0 Å². The third-order valence-corrected chi connectivity index (χ3v) is 4.40. The maximum atomic E-state index is 12.2. The Balaban J connectivity index is 1.77. The highest BCUT2D eigenvalue weighted by atomic mass is 16.5. The van der Waals surface area contributed by atoms with Gasteiger partial charge in [0.05, 0.1) is 0 Å². The number of hydrogen-bond donors (Lipinski definition) is 2. The minimum atomic E-state index is -0.665. The first-order valence-electron chi connectivity index (χ1n) is 9.25. The summed E-state index contributed by atoms with van der Waals surface area (Å²) in [5.74, 6) is -1.12. The number of nitrogens with one attached hydrogen (secondary N) is 2. The minimum Gasteiger partial charge on any atom is -0.454 e. The monoisotopic (exact) mass is 382 g/mol. The van der Waals surface area contributed by atoms with E-state index in [0.29, 0.717) is 5.56 Å². The SMILES string of the molecule is CC(C)[C@H](C)NC(=O)COC(=O)CNC(=O)c1ccc(-c2ccccc2)cc1. The second-order valence-electron chi connectivity index (χ2n) is 6.89. The van der Waals surface area contributed by atoms with Crippen molar-refractivity contribution in [3.63, 3.8) is 0 Å². The van der Waals surface area contributed by atoms with Crippen molar-refractivity contribution in [1.82, 2.24) is 10.6 Å². The molecule has 0 spiro atoms. The van der Waals surface area contributed by atoms with Crippen LogP contribution in [0.3, 0.4) is 0 Å². The number of carbonyl (C=O) groups excluding carboxylic acids is 3. The Morgan fingerprint density at radius 3 is 2.11 bits per heavy atom. The van der Waals surface area contributed by atoms with Crippen molar-refractivity contribution in [2.75, 3.05) is 13.2 Å². The number of carbonyl (C=O) groups is 3. The van der Waals surface area contributed by atoms with Crippen LogP contribution in [0, 0.1) is 5.92 Å². The highest BCUT2D eigenvalue weighted by Gasteiger charge is 2.14. The van der Waals surface area contributed by atoms with Gasteiger partial charge in [0.15, 0.2) is 6.61 Å². The number of benzene rings is 2. The maximum absolute atomic E-state index is 12.2. The van der Waals surface area contributed by atoms with Gasteiger partial charge in [0.2, 0.25) is 0 Å². The van der Waals surface area contributed by atoms with Crippen molar-refractivity contribution in [1.29, 1.82) is 0 Å². The summed E-state index contributed by atoms with van der Waals surface area (Å²) in [5, 5.41) is 5.24. The van der Waals surface area contributed by atoms with Crippen LogP contribution < -0.4 is 10.6 Å². The summed E-state index contributed by atoms with van der Waals surface area (Å²) in [5.41, 5.74) is 2.50. The number of ether oxygens (including phenoxy) is 1. The Morgan fingerprint density at radius 1 is 0.893 bits per heavy atom. The molecule has 0 aliphatic carbocycles. The molecule has 28 heavy (non-hydrogen) atoms. The highest BCUT2D eigenvalue weighted by Crippen LogP contribution is 2.19. The lowest BCUT2D eigenvalue weighted by molar-refractivity contribution is -0.147. The van der Waals surface area contributed by atoms with Crippen LogP contribution in [0.2, 0.25) is 0 Å². The second-order valence-corrected chi connectivity index (χ2v) is 6.89. The molecule has 0 aliphatic heterocycles. The Morgan fingerprint density at radius 2 is 1.50 bits per heavy atom. The van der Waals surface area contributed by atoms with E-state index in [1.54, 1.807) is 12.1 Å². The van der Waals surface area contributed by atoms with Crippen LogP contribution in [0.1, 0.15) is 31.1 Å². The molecule has 0 aromatic heterocycles. The van der Waals surface area contributed by atoms with Crippen LogP contribution in [0.15, 0.2) is 54.6 Å². The molecule has 0 bridgehead atoms. The van der Waals surface area contributed by atoms with Crippen molar-refractivity contribution >= 4 is 17.8 Å². The molecule has 148 valence electrons. The molecule has 2 amide bonds. The molecule has 0 unspecified atom stereocenters. The Bertz CT molecular complexity index is 801. The fraction of sp³-hybridized carbons (Fsp3) is 0.318. The molecule has 2 rings (SSSR count). The summed E-state index contributed by atoms with van der Waals surface area (Å²) in [6.07, 6.45) is 0. The van der Waals surface area contributed by atoms with Gasteiger partial charge in [-0.05, 0) is 36.1 Å². The zero-order chi connectivity index (χ0) is 20.5. The van der Waals surface area contributed by atoms with Gasteiger partial charge < -0.3 is 15.4 Å². The minimum absolute atomic E-state index is 0.00948. The van der Waals surface area contributed by atoms with Gasteiger partial charge in [0, 0.05) is 11.6 Å². The van der Waals surface area contributed by atoms with Crippen molar-refractivity contribution in [2.24, 2.45) is 5.92 Å². The van der Waals surface area contributed by atoms with Crippen molar-refractivity contribution in [3.8, 4) is 11.1 Å². The van der Waals surface area contributed by atoms with E-state index in [1.807, 2.05) is 63.2 Å². The van der Waals surface area contributed by atoms with E-state index in [1.165, 1.54) is 0 Å². The lowest BCUT2D eigenvalue weighted by atomic mass is 10.0. The first kappa shape index (κ1) is 21.2. The second kappa shape index (κ2) is 10.3. The van der Waals surface area contributed by atoms with Crippen LogP contribution in [-0.4, -0.2) is 37.0 Å². The lowest BCUT2D eigenvalue weighted by Crippen LogP contribution is -2.39. The Labute approximate surface area is 165 Å². The molecule has 2 aromatic rings. The number of hydrogen-bond acceptors (Lipinski definition) is 4. The first-order chi connectivity index (χ1) is 13.4. The molecule has 2 aromatic carbocycles. The summed E-state index contributed by atoms with van der Waals surface area (Å²) in [4.78, 5) is 35.6. The predicted octanol–water partition coefficient (Wildman–Crippen LogP) is 2.79. The standard InChI is InChI=1S/C22H26N2O4/c1-15(2)16(3)24-20(25)14-28-21(26)13-23-22(27)19-11-9-18(10-12-19)17-7-5-4-6-8-17/h4-12,15-16H,13-14H2,1-3H3,(H,23,27)(H,24,25)/t16-/m0/s1. The van der Waals surface area contributed by atoms with E-state index in [9.17, 15) is 14.4 Å². The topological polar surface area (TPSA) is 84.5 Å². The van der Waals surface area contributed by atoms with Gasteiger partial charge in [-0.25, -0.2) is 0 Å². The van der Waals surface area contributed by atoms with E-state index < -0.39 is 5.97 Å². The molecule has 6 heteroatoms. The summed E-state index contributed by atoms with van der Waals surface area (Å²) in [6.45, 7) is 5.19. The molecular formula is C22H26N2O4. The number of esters is 1. The molecule has 0 aliphatic rings. The Kier molecular flexibility index (Phi) is 7.75.